The van der Waals surface area contributed by atoms with Crippen molar-refractivity contribution in [3.8, 4) is 5.75 Å². The molecule has 1 aromatic rings. The van der Waals surface area contributed by atoms with Gasteiger partial charge in [-0.3, -0.25) is 14.5 Å². The van der Waals surface area contributed by atoms with Gasteiger partial charge in [0.1, 0.15) is 5.75 Å². The fourth-order valence-corrected chi connectivity index (χ4v) is 3.88. The molecule has 2 unspecified atom stereocenters. The van der Waals surface area contributed by atoms with Gasteiger partial charge in [-0.25, -0.2) is 4.90 Å². The number of rotatable bonds is 5. The number of hydrogen-bond acceptors (Lipinski definition) is 4. The van der Waals surface area contributed by atoms with Gasteiger partial charge in [0.2, 0.25) is 5.91 Å². The number of nitrogens with zero attached hydrogens (tertiary/aromatic N) is 2. The maximum absolute atomic E-state index is 12.9. The van der Waals surface area contributed by atoms with Gasteiger partial charge in [-0.1, -0.05) is 13.3 Å². The molecule has 24 heavy (non-hydrogen) atoms. The number of anilines is 1. The van der Waals surface area contributed by atoms with Crippen molar-refractivity contribution in [3.63, 3.8) is 0 Å². The summed E-state index contributed by atoms with van der Waals surface area (Å²) in [7, 11) is 0. The first kappa shape index (κ1) is 17.0. The Morgan fingerprint density at radius 1 is 1.12 bits per heavy atom. The molecule has 3 rings (SSSR count). The van der Waals surface area contributed by atoms with Crippen molar-refractivity contribution in [1.29, 1.82) is 0 Å². The summed E-state index contributed by atoms with van der Waals surface area (Å²) in [6, 6.07) is 7.31. The second-order valence-electron chi connectivity index (χ2n) is 6.51. The van der Waals surface area contributed by atoms with Crippen molar-refractivity contribution in [3.05, 3.63) is 24.3 Å². The highest BCUT2D eigenvalue weighted by Crippen LogP contribution is 2.31. The maximum Gasteiger partial charge on any atom is 0.251 e. The molecule has 5 heteroatoms. The molecule has 130 valence electrons. The number of ether oxygens (including phenoxy) is 1. The molecule has 0 bridgehead atoms. The highest BCUT2D eigenvalue weighted by Gasteiger charge is 2.44. The first-order valence-electron chi connectivity index (χ1n) is 9.01. The van der Waals surface area contributed by atoms with Crippen LogP contribution in [0.1, 0.15) is 46.0 Å². The number of piperidine rings is 1. The van der Waals surface area contributed by atoms with E-state index in [1.807, 2.05) is 19.1 Å². The molecular formula is C19H26N2O3. The summed E-state index contributed by atoms with van der Waals surface area (Å²) in [6.45, 7) is 5.60. The Morgan fingerprint density at radius 2 is 1.88 bits per heavy atom. The van der Waals surface area contributed by atoms with Crippen LogP contribution in [-0.2, 0) is 9.59 Å². The molecule has 0 radical (unpaired) electrons. The lowest BCUT2D eigenvalue weighted by atomic mass is 9.97. The second kappa shape index (κ2) is 7.34. The van der Waals surface area contributed by atoms with Gasteiger partial charge in [0, 0.05) is 6.04 Å². The third kappa shape index (κ3) is 3.18. The molecule has 2 saturated heterocycles. The van der Waals surface area contributed by atoms with Crippen molar-refractivity contribution in [2.45, 2.75) is 58.0 Å². The van der Waals surface area contributed by atoms with Crippen LogP contribution >= 0.6 is 0 Å². The second-order valence-corrected chi connectivity index (χ2v) is 6.51. The van der Waals surface area contributed by atoms with Gasteiger partial charge in [0.15, 0.2) is 0 Å². The molecule has 0 aromatic heterocycles. The van der Waals surface area contributed by atoms with Crippen LogP contribution in [0.5, 0.6) is 5.75 Å². The maximum atomic E-state index is 12.9. The molecule has 2 heterocycles. The highest BCUT2D eigenvalue weighted by molar-refractivity contribution is 6.22. The molecule has 2 aliphatic heterocycles. The molecule has 2 atom stereocenters. The normalized spacial score (nSPS) is 25.3. The third-order valence-electron chi connectivity index (χ3n) is 5.07. The van der Waals surface area contributed by atoms with Gasteiger partial charge in [0.05, 0.1) is 24.8 Å². The van der Waals surface area contributed by atoms with Gasteiger partial charge in [0.25, 0.3) is 5.91 Å². The van der Waals surface area contributed by atoms with Crippen LogP contribution in [0.25, 0.3) is 0 Å². The lowest BCUT2D eigenvalue weighted by molar-refractivity contribution is -0.123. The molecule has 0 N–H and O–H groups in total. The molecule has 0 aliphatic carbocycles. The van der Waals surface area contributed by atoms with E-state index < -0.39 is 0 Å². The summed E-state index contributed by atoms with van der Waals surface area (Å²) in [5.74, 6) is 0.568. The number of hydrogen-bond donors (Lipinski definition) is 0. The summed E-state index contributed by atoms with van der Waals surface area (Å²) in [4.78, 5) is 29.0. The van der Waals surface area contributed by atoms with E-state index in [9.17, 15) is 9.59 Å². The average molecular weight is 330 g/mol. The van der Waals surface area contributed by atoms with E-state index in [2.05, 4.69) is 11.8 Å². The van der Waals surface area contributed by atoms with Crippen LogP contribution in [0.4, 0.5) is 5.69 Å². The standard InChI is InChI=1S/C19H26N2O3/c1-3-14-7-5-6-12-20(14)17-13-18(22)21(19(17)23)15-8-10-16(11-9-15)24-4-2/h8-11,14,17H,3-7,12-13H2,1-2H3. The van der Waals surface area contributed by atoms with Gasteiger partial charge < -0.3 is 4.74 Å². The van der Waals surface area contributed by atoms with Crippen molar-refractivity contribution in [2.75, 3.05) is 18.1 Å². The Hall–Kier alpha value is -1.88. The predicted molar refractivity (Wildman–Crippen MR) is 93.1 cm³/mol. The summed E-state index contributed by atoms with van der Waals surface area (Å²) in [6.07, 6.45) is 4.77. The molecule has 2 fully saturated rings. The molecule has 5 nitrogen and oxygen atoms in total. The summed E-state index contributed by atoms with van der Waals surface area (Å²) >= 11 is 0. The lowest BCUT2D eigenvalue weighted by Gasteiger charge is -2.38. The monoisotopic (exact) mass is 330 g/mol. The number of likely N-dealkylation sites (tertiary alicyclic amines) is 1. The van der Waals surface area contributed by atoms with Crippen LogP contribution in [0.3, 0.4) is 0 Å². The van der Waals surface area contributed by atoms with E-state index in [0.29, 0.717) is 24.8 Å². The van der Waals surface area contributed by atoms with Gasteiger partial charge in [-0.05, 0) is 57.0 Å². The fraction of sp³-hybridized carbons (Fsp3) is 0.579. The molecule has 0 spiro atoms. The zero-order chi connectivity index (χ0) is 17.1. The van der Waals surface area contributed by atoms with E-state index in [-0.39, 0.29) is 17.9 Å². The molecule has 2 aliphatic rings. The van der Waals surface area contributed by atoms with Crippen molar-refractivity contribution in [1.82, 2.24) is 4.90 Å². The first-order valence-corrected chi connectivity index (χ1v) is 9.01. The van der Waals surface area contributed by atoms with Gasteiger partial charge >= 0.3 is 0 Å². The smallest absolute Gasteiger partial charge is 0.251 e. The van der Waals surface area contributed by atoms with E-state index >= 15 is 0 Å². The summed E-state index contributed by atoms with van der Waals surface area (Å²) in [5.41, 5.74) is 0.640. The van der Waals surface area contributed by atoms with Gasteiger partial charge in [-0.15, -0.1) is 0 Å². The minimum atomic E-state index is -0.297. The number of carbonyl (C=O) groups is 2. The minimum Gasteiger partial charge on any atom is -0.494 e. The van der Waals surface area contributed by atoms with E-state index in [0.717, 1.165) is 31.6 Å². The highest BCUT2D eigenvalue weighted by atomic mass is 16.5. The third-order valence-corrected chi connectivity index (χ3v) is 5.07. The van der Waals surface area contributed by atoms with Crippen LogP contribution in [-0.4, -0.2) is 41.9 Å². The van der Waals surface area contributed by atoms with Crippen molar-refractivity contribution < 1.29 is 14.3 Å². The lowest BCUT2D eigenvalue weighted by Crippen LogP contribution is -2.49. The number of imide groups is 1. The Kier molecular flexibility index (Phi) is 5.19. The van der Waals surface area contributed by atoms with E-state index in [1.54, 1.807) is 12.1 Å². The Morgan fingerprint density at radius 3 is 2.54 bits per heavy atom. The predicted octanol–water partition coefficient (Wildman–Crippen LogP) is 2.98. The van der Waals surface area contributed by atoms with E-state index in [1.165, 1.54) is 11.3 Å². The largest absolute Gasteiger partial charge is 0.494 e. The summed E-state index contributed by atoms with van der Waals surface area (Å²) < 4.78 is 5.43. The van der Waals surface area contributed by atoms with E-state index in [4.69, 9.17) is 4.74 Å². The summed E-state index contributed by atoms with van der Waals surface area (Å²) in [5, 5.41) is 0. The van der Waals surface area contributed by atoms with Crippen molar-refractivity contribution >= 4 is 17.5 Å². The number of benzene rings is 1. The zero-order valence-electron chi connectivity index (χ0n) is 14.5. The topological polar surface area (TPSA) is 49.9 Å². The first-order chi connectivity index (χ1) is 11.7. The number of amides is 2. The van der Waals surface area contributed by atoms with Gasteiger partial charge in [-0.2, -0.15) is 0 Å². The Labute approximate surface area is 143 Å². The quantitative estimate of drug-likeness (QED) is 0.779. The average Bonchev–Trinajstić information content (AvgIpc) is 2.90. The number of carbonyl (C=O) groups excluding carboxylic acids is 2. The van der Waals surface area contributed by atoms with Crippen LogP contribution in [0, 0.1) is 0 Å². The zero-order valence-corrected chi connectivity index (χ0v) is 14.5. The minimum absolute atomic E-state index is 0.0792. The SMILES string of the molecule is CCOc1ccc(N2C(=O)CC(N3CCCCC3CC)C2=O)cc1. The fourth-order valence-electron chi connectivity index (χ4n) is 3.88. The van der Waals surface area contributed by atoms with Crippen LogP contribution in [0.2, 0.25) is 0 Å². The molecular weight excluding hydrogens is 304 g/mol. The molecule has 2 amide bonds. The molecule has 1 aromatic carbocycles. The van der Waals surface area contributed by atoms with Crippen LogP contribution in [0.15, 0.2) is 24.3 Å². The van der Waals surface area contributed by atoms with Crippen molar-refractivity contribution in [2.24, 2.45) is 0 Å². The molecule has 0 saturated carbocycles. The Balaban J connectivity index is 1.78. The Bertz CT molecular complexity index is 599. The van der Waals surface area contributed by atoms with Crippen LogP contribution < -0.4 is 9.64 Å².